The Kier molecular flexibility index (Phi) is 9.56. The molecule has 0 aliphatic rings. The Morgan fingerprint density at radius 2 is 1.55 bits per heavy atom. The average Bonchev–Trinajstić information content (AvgIpc) is 2.24. The van der Waals surface area contributed by atoms with Crippen molar-refractivity contribution in [3.63, 3.8) is 0 Å². The first-order chi connectivity index (χ1) is 8.95. The largest absolute Gasteiger partial charge is 0.673 e. The minimum atomic E-state index is -6.00. The third-order valence-corrected chi connectivity index (χ3v) is 1.61. The summed E-state index contributed by atoms with van der Waals surface area (Å²) in [6.07, 6.45) is -1.84. The summed E-state index contributed by atoms with van der Waals surface area (Å²) in [5, 5.41) is 0. The number of ether oxygens (including phenoxy) is 2. The van der Waals surface area contributed by atoms with Crippen molar-refractivity contribution < 1.29 is 44.9 Å². The Hall–Kier alpha value is -1.68. The molecule has 0 aliphatic heterocycles. The van der Waals surface area contributed by atoms with Crippen LogP contribution in [0.5, 0.6) is 0 Å². The highest BCUT2D eigenvalue weighted by Gasteiger charge is 2.32. The first-order valence-corrected chi connectivity index (χ1v) is 4.97. The minimum absolute atomic E-state index is 0.292. The van der Waals surface area contributed by atoms with Gasteiger partial charge in [-0.15, -0.1) is 0 Å². The van der Waals surface area contributed by atoms with Gasteiger partial charge in [-0.3, -0.25) is 0 Å². The normalized spacial score (nSPS) is 11.4. The van der Waals surface area contributed by atoms with Crippen LogP contribution in [0.2, 0.25) is 0 Å². The number of nitrogens with zero attached hydrogens (tertiary/aromatic N) is 1. The lowest BCUT2D eigenvalue weighted by Gasteiger charge is -2.05. The fourth-order valence-corrected chi connectivity index (χ4v) is 0.994. The second-order valence-electron chi connectivity index (χ2n) is 3.33. The van der Waals surface area contributed by atoms with Gasteiger partial charge >= 0.3 is 19.6 Å². The molecule has 0 fully saturated rings. The minimum Gasteiger partial charge on any atom is -0.503 e. The number of carbonyl (C=O) groups is 1. The van der Waals surface area contributed by atoms with Gasteiger partial charge in [-0.2, -0.15) is 8.78 Å². The van der Waals surface area contributed by atoms with E-state index >= 15 is 0 Å². The summed E-state index contributed by atoms with van der Waals surface area (Å²) in [5.41, 5.74) is -0.733. The standard InChI is InChI=1S/C9H14F2NO3.BF4/c1-12(2)7(8(10)11)6(5-14-3)9(13)15-4;2-1(3,4)5/h5,8H,1-4H3;/q+1;-1/b6-5+;. The zero-order valence-electron chi connectivity index (χ0n) is 11.2. The predicted molar refractivity (Wildman–Crippen MR) is 60.4 cm³/mol. The van der Waals surface area contributed by atoms with Crippen molar-refractivity contribution in [2.45, 2.75) is 6.43 Å². The predicted octanol–water partition coefficient (Wildman–Crippen LogP) is 1.97. The van der Waals surface area contributed by atoms with Crippen molar-refractivity contribution in [3.05, 3.63) is 11.8 Å². The summed E-state index contributed by atoms with van der Waals surface area (Å²) in [7, 11) is -0.797. The van der Waals surface area contributed by atoms with E-state index in [0.717, 1.165) is 17.9 Å². The molecule has 4 nitrogen and oxygen atoms in total. The number of alkyl halides is 2. The quantitative estimate of drug-likeness (QED) is 0.152. The van der Waals surface area contributed by atoms with Crippen LogP contribution in [0.15, 0.2) is 11.8 Å². The molecule has 20 heavy (non-hydrogen) atoms. The van der Waals surface area contributed by atoms with Crippen LogP contribution >= 0.6 is 0 Å². The van der Waals surface area contributed by atoms with E-state index in [-0.39, 0.29) is 5.57 Å². The van der Waals surface area contributed by atoms with E-state index in [2.05, 4.69) is 9.47 Å². The van der Waals surface area contributed by atoms with E-state index in [0.29, 0.717) is 0 Å². The molecule has 0 rings (SSSR count). The van der Waals surface area contributed by atoms with E-state index in [4.69, 9.17) is 0 Å². The van der Waals surface area contributed by atoms with Crippen LogP contribution in [0, 0.1) is 0 Å². The smallest absolute Gasteiger partial charge is 0.503 e. The van der Waals surface area contributed by atoms with Crippen molar-refractivity contribution in [1.82, 2.24) is 0 Å². The van der Waals surface area contributed by atoms with E-state index in [1.165, 1.54) is 21.2 Å². The van der Waals surface area contributed by atoms with Gasteiger partial charge < -0.3 is 26.7 Å². The van der Waals surface area contributed by atoms with Gasteiger partial charge in [-0.25, -0.2) is 9.37 Å². The van der Waals surface area contributed by atoms with Gasteiger partial charge in [0.05, 0.1) is 14.2 Å². The zero-order chi connectivity index (χ0) is 16.5. The summed E-state index contributed by atoms with van der Waals surface area (Å²) in [6.45, 7) is 0. The molecule has 11 heteroatoms. The van der Waals surface area contributed by atoms with Crippen molar-refractivity contribution in [1.29, 1.82) is 0 Å². The summed E-state index contributed by atoms with van der Waals surface area (Å²) >= 11 is 0. The number of carbonyl (C=O) groups excluding carboxylic acids is 1. The van der Waals surface area contributed by atoms with Crippen LogP contribution in [-0.2, 0) is 14.3 Å². The van der Waals surface area contributed by atoms with Crippen molar-refractivity contribution >= 4 is 18.9 Å². The fraction of sp³-hybridized carbons (Fsp3) is 0.556. The second-order valence-corrected chi connectivity index (χ2v) is 3.33. The van der Waals surface area contributed by atoms with E-state index < -0.39 is 25.4 Å². The summed E-state index contributed by atoms with van der Waals surface area (Å²) in [5.74, 6) is -0.860. The Morgan fingerprint density at radius 1 is 1.15 bits per heavy atom. The molecular weight excluding hydrogens is 295 g/mol. The van der Waals surface area contributed by atoms with Gasteiger partial charge in [0.1, 0.15) is 20.4 Å². The molecule has 0 aromatic rings. The van der Waals surface area contributed by atoms with Crippen LogP contribution in [0.25, 0.3) is 0 Å². The molecule has 0 unspecified atom stereocenters. The van der Waals surface area contributed by atoms with Crippen LogP contribution < -0.4 is 0 Å². The van der Waals surface area contributed by atoms with Gasteiger partial charge in [0.15, 0.2) is 5.57 Å². The topological polar surface area (TPSA) is 38.5 Å². The highest BCUT2D eigenvalue weighted by Crippen LogP contribution is 2.09. The molecule has 0 radical (unpaired) electrons. The molecule has 0 aliphatic carbocycles. The Morgan fingerprint density at radius 3 is 1.75 bits per heavy atom. The van der Waals surface area contributed by atoms with Gasteiger partial charge in [-0.1, -0.05) is 0 Å². The Balaban J connectivity index is 0. The molecule has 0 aromatic heterocycles. The molecule has 0 spiro atoms. The van der Waals surface area contributed by atoms with Crippen LogP contribution in [0.3, 0.4) is 0 Å². The van der Waals surface area contributed by atoms with Crippen molar-refractivity contribution in [2.24, 2.45) is 0 Å². The molecule has 0 saturated heterocycles. The summed E-state index contributed by atoms with van der Waals surface area (Å²) < 4.78 is 74.4. The number of hydrogen-bond acceptors (Lipinski definition) is 3. The van der Waals surface area contributed by atoms with Crippen LogP contribution in [-0.4, -0.2) is 58.3 Å². The number of halogens is 6. The number of rotatable bonds is 4. The Labute approximate surface area is 111 Å². The summed E-state index contributed by atoms with van der Waals surface area (Å²) in [4.78, 5) is 11.2. The third kappa shape index (κ3) is 10.3. The van der Waals surface area contributed by atoms with Gasteiger partial charge in [0.25, 0.3) is 5.71 Å². The van der Waals surface area contributed by atoms with Crippen molar-refractivity contribution in [3.8, 4) is 0 Å². The fourth-order valence-electron chi connectivity index (χ4n) is 0.994. The highest BCUT2D eigenvalue weighted by atomic mass is 19.5. The maximum absolute atomic E-state index is 12.6. The number of esters is 1. The number of hydrogen-bond donors (Lipinski definition) is 0. The first-order valence-electron chi connectivity index (χ1n) is 4.97. The average molecular weight is 309 g/mol. The van der Waals surface area contributed by atoms with Gasteiger partial charge in [0, 0.05) is 0 Å². The third-order valence-electron chi connectivity index (χ3n) is 1.61. The molecule has 0 saturated carbocycles. The second kappa shape index (κ2) is 9.26. The lowest BCUT2D eigenvalue weighted by atomic mass is 10.2. The molecule has 0 atom stereocenters. The SMILES string of the molecule is CO/C=C(/C(=O)OC)C(C(F)F)=[N+](C)C.F[B-](F)(F)F. The lowest BCUT2D eigenvalue weighted by Crippen LogP contribution is -2.28. The van der Waals surface area contributed by atoms with Gasteiger partial charge in [-0.05, 0) is 0 Å². The monoisotopic (exact) mass is 309 g/mol. The van der Waals surface area contributed by atoms with Gasteiger partial charge in [0.2, 0.25) is 0 Å². The zero-order valence-corrected chi connectivity index (χ0v) is 11.2. The lowest BCUT2D eigenvalue weighted by molar-refractivity contribution is -0.467. The first kappa shape index (κ1) is 20.6. The van der Waals surface area contributed by atoms with Crippen LogP contribution in [0.1, 0.15) is 0 Å². The molecule has 118 valence electrons. The van der Waals surface area contributed by atoms with Crippen molar-refractivity contribution in [2.75, 3.05) is 28.3 Å². The molecule has 0 bridgehead atoms. The molecular formula is C9H14BF6NO3. The summed E-state index contributed by atoms with van der Waals surface area (Å²) in [6, 6.07) is 0. The molecule has 0 heterocycles. The van der Waals surface area contributed by atoms with E-state index in [9.17, 15) is 30.8 Å². The molecule has 0 amide bonds. The highest BCUT2D eigenvalue weighted by molar-refractivity contribution is 6.50. The van der Waals surface area contributed by atoms with E-state index in [1.807, 2.05) is 0 Å². The molecule has 0 N–H and O–H groups in total. The van der Waals surface area contributed by atoms with Crippen LogP contribution in [0.4, 0.5) is 26.0 Å². The van der Waals surface area contributed by atoms with E-state index in [1.54, 1.807) is 0 Å². The Bertz CT molecular complexity index is 370. The molecule has 0 aromatic carbocycles. The number of methoxy groups -OCH3 is 2. The maximum atomic E-state index is 12.6. The maximum Gasteiger partial charge on any atom is 0.673 e.